The van der Waals surface area contributed by atoms with Gasteiger partial charge in [0.15, 0.2) is 5.13 Å². The first kappa shape index (κ1) is 20.4. The third-order valence-corrected chi connectivity index (χ3v) is 6.38. The second kappa shape index (κ2) is 8.48. The highest BCUT2D eigenvalue weighted by Gasteiger charge is 2.24. The molecular weight excluding hydrogens is 392 g/mol. The number of amides is 1. The molecule has 1 N–H and O–H groups in total. The van der Waals surface area contributed by atoms with Gasteiger partial charge in [-0.3, -0.25) is 4.79 Å². The van der Waals surface area contributed by atoms with Crippen molar-refractivity contribution in [2.24, 2.45) is 0 Å². The van der Waals surface area contributed by atoms with Crippen LogP contribution in [-0.2, 0) is 0 Å². The van der Waals surface area contributed by atoms with Crippen LogP contribution in [0.1, 0.15) is 32.7 Å². The van der Waals surface area contributed by atoms with Crippen molar-refractivity contribution in [3.05, 3.63) is 69.7 Å². The summed E-state index contributed by atoms with van der Waals surface area (Å²) in [6, 6.07) is 12.8. The van der Waals surface area contributed by atoms with Gasteiger partial charge in [0.2, 0.25) is 0 Å². The summed E-state index contributed by atoms with van der Waals surface area (Å²) >= 11 is 1.47. The Labute approximate surface area is 182 Å². The van der Waals surface area contributed by atoms with Crippen LogP contribution in [0.2, 0.25) is 0 Å². The number of carbonyl (C=O) groups excluding carboxylic acids is 1. The topological polar surface area (TPSA) is 48.5 Å². The lowest BCUT2D eigenvalue weighted by molar-refractivity contribution is 0.0742. The van der Waals surface area contributed by atoms with Gasteiger partial charge in [-0.25, -0.2) is 4.98 Å². The summed E-state index contributed by atoms with van der Waals surface area (Å²) in [4.78, 5) is 21.8. The molecule has 1 fully saturated rings. The number of thiazole rings is 1. The maximum absolute atomic E-state index is 13.0. The minimum absolute atomic E-state index is 0.0144. The summed E-state index contributed by atoms with van der Waals surface area (Å²) in [5.41, 5.74) is 7.76. The number of nitrogens with one attached hydrogen (secondary N) is 1. The van der Waals surface area contributed by atoms with Gasteiger partial charge in [0, 0.05) is 42.9 Å². The lowest BCUT2D eigenvalue weighted by atomic mass is 10.1. The number of rotatable bonds is 4. The molecule has 1 amide bonds. The average molecular weight is 421 g/mol. The van der Waals surface area contributed by atoms with Gasteiger partial charge in [-0.05, 0) is 56.5 Å². The average Bonchev–Trinajstić information content (AvgIpc) is 3.20. The maximum Gasteiger partial charge on any atom is 0.273 e. The van der Waals surface area contributed by atoms with Crippen molar-refractivity contribution in [3.63, 3.8) is 0 Å². The molecule has 30 heavy (non-hydrogen) atoms. The molecular formula is C24H28N4OS. The minimum atomic E-state index is 0.0144. The van der Waals surface area contributed by atoms with Gasteiger partial charge < -0.3 is 15.1 Å². The van der Waals surface area contributed by atoms with E-state index in [0.717, 1.165) is 23.9 Å². The molecule has 1 aliphatic rings. The highest BCUT2D eigenvalue weighted by atomic mass is 32.1. The van der Waals surface area contributed by atoms with E-state index in [1.54, 1.807) is 0 Å². The molecule has 2 aromatic carbocycles. The van der Waals surface area contributed by atoms with Gasteiger partial charge in [-0.2, -0.15) is 0 Å². The predicted molar refractivity (Wildman–Crippen MR) is 125 cm³/mol. The van der Waals surface area contributed by atoms with Crippen molar-refractivity contribution in [1.29, 1.82) is 0 Å². The Kier molecular flexibility index (Phi) is 5.77. The number of aryl methyl sites for hydroxylation is 4. The van der Waals surface area contributed by atoms with Gasteiger partial charge in [0.25, 0.3) is 5.91 Å². The van der Waals surface area contributed by atoms with Crippen molar-refractivity contribution >= 4 is 33.8 Å². The van der Waals surface area contributed by atoms with Crippen LogP contribution in [0.25, 0.3) is 0 Å². The summed E-state index contributed by atoms with van der Waals surface area (Å²) in [5, 5.41) is 5.95. The van der Waals surface area contributed by atoms with Crippen LogP contribution in [0.4, 0.5) is 16.5 Å². The fraction of sp³-hybridized carbons (Fsp3) is 0.333. The van der Waals surface area contributed by atoms with Crippen LogP contribution in [0.3, 0.4) is 0 Å². The fourth-order valence-electron chi connectivity index (χ4n) is 3.87. The molecule has 2 heterocycles. The number of anilines is 3. The third-order valence-electron chi connectivity index (χ3n) is 5.62. The Hall–Kier alpha value is -2.86. The van der Waals surface area contributed by atoms with E-state index in [9.17, 15) is 4.79 Å². The molecule has 0 spiro atoms. The molecule has 1 saturated heterocycles. The van der Waals surface area contributed by atoms with Crippen LogP contribution in [0, 0.1) is 27.7 Å². The van der Waals surface area contributed by atoms with Crippen molar-refractivity contribution in [1.82, 2.24) is 9.88 Å². The summed E-state index contributed by atoms with van der Waals surface area (Å²) in [6.07, 6.45) is 0. The van der Waals surface area contributed by atoms with E-state index in [2.05, 4.69) is 79.3 Å². The third kappa shape index (κ3) is 4.33. The molecule has 0 saturated carbocycles. The molecule has 5 nitrogen and oxygen atoms in total. The number of aromatic nitrogens is 1. The minimum Gasteiger partial charge on any atom is -0.368 e. The Morgan fingerprint density at radius 1 is 0.933 bits per heavy atom. The Morgan fingerprint density at radius 2 is 1.63 bits per heavy atom. The highest BCUT2D eigenvalue weighted by Crippen LogP contribution is 2.26. The van der Waals surface area contributed by atoms with Crippen molar-refractivity contribution < 1.29 is 4.79 Å². The molecule has 0 unspecified atom stereocenters. The number of benzene rings is 2. The Balaban J connectivity index is 1.39. The molecule has 0 aliphatic carbocycles. The molecule has 3 aromatic rings. The van der Waals surface area contributed by atoms with E-state index in [1.807, 2.05) is 10.3 Å². The number of hydrogen-bond donors (Lipinski definition) is 1. The van der Waals surface area contributed by atoms with E-state index in [4.69, 9.17) is 0 Å². The zero-order chi connectivity index (χ0) is 21.3. The number of nitrogens with zero attached hydrogens (tertiary/aromatic N) is 3. The van der Waals surface area contributed by atoms with Crippen LogP contribution in [0.5, 0.6) is 0 Å². The standard InChI is InChI=1S/C24H28N4OS/c1-16-6-8-20(19(4)13-16)25-24-26-21(15-30-24)23(29)28-11-9-27(10-12-28)22-14-17(2)5-7-18(22)3/h5-8,13-15H,9-12H2,1-4H3,(H,25,26). The molecule has 0 bridgehead atoms. The molecule has 0 radical (unpaired) electrons. The van der Waals surface area contributed by atoms with Gasteiger partial charge in [0.05, 0.1) is 0 Å². The second-order valence-corrected chi connectivity index (χ2v) is 8.91. The van der Waals surface area contributed by atoms with Crippen molar-refractivity contribution in [2.45, 2.75) is 27.7 Å². The smallest absolute Gasteiger partial charge is 0.273 e. The zero-order valence-corrected chi connectivity index (χ0v) is 18.8. The lowest BCUT2D eigenvalue weighted by Gasteiger charge is -2.36. The summed E-state index contributed by atoms with van der Waals surface area (Å²) in [7, 11) is 0. The van der Waals surface area contributed by atoms with E-state index in [-0.39, 0.29) is 5.91 Å². The summed E-state index contributed by atoms with van der Waals surface area (Å²) in [6.45, 7) is 11.5. The SMILES string of the molecule is Cc1ccc(Nc2nc(C(=O)N3CCN(c4cc(C)ccc4C)CC3)cs2)c(C)c1. The van der Waals surface area contributed by atoms with Gasteiger partial charge in [-0.1, -0.05) is 29.8 Å². The van der Waals surface area contributed by atoms with E-state index in [0.29, 0.717) is 18.8 Å². The van der Waals surface area contributed by atoms with Crippen molar-refractivity contribution in [3.8, 4) is 0 Å². The van der Waals surface area contributed by atoms with E-state index >= 15 is 0 Å². The molecule has 1 aliphatic heterocycles. The first-order valence-electron chi connectivity index (χ1n) is 10.3. The number of carbonyl (C=O) groups is 1. The highest BCUT2D eigenvalue weighted by molar-refractivity contribution is 7.14. The van der Waals surface area contributed by atoms with Gasteiger partial charge >= 0.3 is 0 Å². The van der Waals surface area contributed by atoms with Crippen LogP contribution < -0.4 is 10.2 Å². The Bertz CT molecular complexity index is 1070. The number of hydrogen-bond acceptors (Lipinski definition) is 5. The monoisotopic (exact) mass is 420 g/mol. The summed E-state index contributed by atoms with van der Waals surface area (Å²) in [5.74, 6) is 0.0144. The normalized spacial score (nSPS) is 14.1. The lowest BCUT2D eigenvalue weighted by Crippen LogP contribution is -2.49. The number of piperazine rings is 1. The van der Waals surface area contributed by atoms with Crippen LogP contribution >= 0.6 is 11.3 Å². The second-order valence-electron chi connectivity index (χ2n) is 8.05. The quantitative estimate of drug-likeness (QED) is 0.639. The molecule has 1 aromatic heterocycles. The van der Waals surface area contributed by atoms with E-state index < -0.39 is 0 Å². The Morgan fingerprint density at radius 3 is 2.37 bits per heavy atom. The molecule has 6 heteroatoms. The van der Waals surface area contributed by atoms with Crippen molar-refractivity contribution in [2.75, 3.05) is 36.4 Å². The maximum atomic E-state index is 13.0. The van der Waals surface area contributed by atoms with Gasteiger partial charge in [0.1, 0.15) is 5.69 Å². The van der Waals surface area contributed by atoms with E-state index in [1.165, 1.54) is 39.3 Å². The first-order chi connectivity index (χ1) is 14.4. The van der Waals surface area contributed by atoms with Crippen LogP contribution in [0.15, 0.2) is 41.8 Å². The molecule has 0 atom stereocenters. The molecule has 156 valence electrons. The van der Waals surface area contributed by atoms with Crippen LogP contribution in [-0.4, -0.2) is 42.0 Å². The summed E-state index contributed by atoms with van der Waals surface area (Å²) < 4.78 is 0. The first-order valence-corrected chi connectivity index (χ1v) is 11.2. The predicted octanol–water partition coefficient (Wildman–Crippen LogP) is 5.08. The largest absolute Gasteiger partial charge is 0.368 e. The molecule has 4 rings (SSSR count). The zero-order valence-electron chi connectivity index (χ0n) is 18.0. The van der Waals surface area contributed by atoms with Gasteiger partial charge in [-0.15, -0.1) is 11.3 Å². The fourth-order valence-corrected chi connectivity index (χ4v) is 4.57.